The van der Waals surface area contributed by atoms with Crippen LogP contribution in [0.2, 0.25) is 0 Å². The molecular weight excluding hydrogens is 312 g/mol. The smallest absolute Gasteiger partial charge is 0.227 e. The Labute approximate surface area is 142 Å². The first-order chi connectivity index (χ1) is 11.1. The van der Waals surface area contributed by atoms with Crippen LogP contribution in [-0.2, 0) is 11.3 Å². The number of amides is 1. The molecule has 1 amide bonds. The summed E-state index contributed by atoms with van der Waals surface area (Å²) < 4.78 is 0. The van der Waals surface area contributed by atoms with Crippen molar-refractivity contribution in [1.82, 2.24) is 15.2 Å². The van der Waals surface area contributed by atoms with E-state index in [2.05, 4.69) is 51.5 Å². The lowest BCUT2D eigenvalue weighted by Gasteiger charge is -2.36. The summed E-state index contributed by atoms with van der Waals surface area (Å²) in [5, 5.41) is 4.52. The molecule has 0 bridgehead atoms. The number of carbonyl (C=O) groups is 1. The third-order valence-electron chi connectivity index (χ3n) is 4.04. The Morgan fingerprint density at radius 1 is 1.30 bits per heavy atom. The predicted octanol–water partition coefficient (Wildman–Crippen LogP) is 2.31. The Kier molecular flexibility index (Phi) is 6.62. The first kappa shape index (κ1) is 17.5. The van der Waals surface area contributed by atoms with E-state index in [9.17, 15) is 4.79 Å². The predicted molar refractivity (Wildman–Crippen MR) is 94.3 cm³/mol. The Morgan fingerprint density at radius 2 is 2.00 bits per heavy atom. The molecule has 1 aliphatic rings. The first-order valence-electron chi connectivity index (χ1n) is 7.72. The number of carbonyl (C=O) groups excluding carboxylic acids is 1. The van der Waals surface area contributed by atoms with E-state index in [1.807, 2.05) is 6.92 Å². The number of hydrazone groups is 1. The van der Waals surface area contributed by atoms with Crippen LogP contribution in [0.25, 0.3) is 0 Å². The van der Waals surface area contributed by atoms with E-state index >= 15 is 0 Å². The molecule has 1 heterocycles. The zero-order chi connectivity index (χ0) is 16.7. The van der Waals surface area contributed by atoms with Crippen LogP contribution in [0.4, 0.5) is 0 Å². The molecule has 124 valence electrons. The van der Waals surface area contributed by atoms with Gasteiger partial charge in [-0.2, -0.15) is 5.10 Å². The molecule has 1 aromatic rings. The van der Waals surface area contributed by atoms with Crippen LogP contribution in [-0.4, -0.2) is 48.6 Å². The lowest BCUT2D eigenvalue weighted by molar-refractivity contribution is -0.109. The highest BCUT2D eigenvalue weighted by Gasteiger charge is 2.19. The lowest BCUT2D eigenvalue weighted by Crippen LogP contribution is -2.45. The SMILES string of the molecule is C/C(Cl)=C(\C=N/NC=O)N1CCN(Cc2ccccc2C)CC1. The van der Waals surface area contributed by atoms with Gasteiger partial charge >= 0.3 is 0 Å². The molecule has 2 rings (SSSR count). The Morgan fingerprint density at radius 3 is 2.61 bits per heavy atom. The number of rotatable bonds is 6. The third-order valence-corrected chi connectivity index (χ3v) is 4.23. The van der Waals surface area contributed by atoms with E-state index in [0.29, 0.717) is 11.4 Å². The van der Waals surface area contributed by atoms with E-state index in [4.69, 9.17) is 11.6 Å². The molecule has 0 unspecified atom stereocenters. The molecular formula is C17H23ClN4O. The van der Waals surface area contributed by atoms with Gasteiger partial charge in [0.25, 0.3) is 0 Å². The fraction of sp³-hybridized carbons (Fsp3) is 0.412. The fourth-order valence-electron chi connectivity index (χ4n) is 2.69. The van der Waals surface area contributed by atoms with E-state index < -0.39 is 0 Å². The van der Waals surface area contributed by atoms with Gasteiger partial charge < -0.3 is 4.90 Å². The highest BCUT2D eigenvalue weighted by Crippen LogP contribution is 2.17. The van der Waals surface area contributed by atoms with Crippen LogP contribution in [0, 0.1) is 6.92 Å². The molecule has 1 aliphatic heterocycles. The Bertz CT molecular complexity index is 588. The van der Waals surface area contributed by atoms with Crippen LogP contribution < -0.4 is 5.43 Å². The molecule has 1 N–H and O–H groups in total. The molecule has 0 atom stereocenters. The molecule has 5 nitrogen and oxygen atoms in total. The van der Waals surface area contributed by atoms with Gasteiger partial charge in [-0.25, -0.2) is 5.43 Å². The zero-order valence-electron chi connectivity index (χ0n) is 13.6. The quantitative estimate of drug-likeness (QED) is 0.493. The van der Waals surface area contributed by atoms with E-state index in [0.717, 1.165) is 38.4 Å². The van der Waals surface area contributed by atoms with Crippen molar-refractivity contribution in [2.24, 2.45) is 5.10 Å². The number of halogens is 1. The minimum atomic E-state index is 0.540. The maximum Gasteiger partial charge on any atom is 0.227 e. The normalized spacial score (nSPS) is 17.3. The van der Waals surface area contributed by atoms with Crippen LogP contribution in [0.5, 0.6) is 0 Å². The van der Waals surface area contributed by atoms with Crippen molar-refractivity contribution in [3.05, 3.63) is 46.1 Å². The highest BCUT2D eigenvalue weighted by atomic mass is 35.5. The van der Waals surface area contributed by atoms with Crippen molar-refractivity contribution in [2.75, 3.05) is 26.2 Å². The molecule has 0 aromatic heterocycles. The summed E-state index contributed by atoms with van der Waals surface area (Å²) in [5.41, 5.74) is 5.85. The number of allylic oxidation sites excluding steroid dienone is 2. The summed E-state index contributed by atoms with van der Waals surface area (Å²) in [5.74, 6) is 0. The zero-order valence-corrected chi connectivity index (χ0v) is 14.4. The molecule has 23 heavy (non-hydrogen) atoms. The fourth-order valence-corrected chi connectivity index (χ4v) is 2.86. The molecule has 1 aromatic carbocycles. The summed E-state index contributed by atoms with van der Waals surface area (Å²) in [7, 11) is 0. The third kappa shape index (κ3) is 5.08. The number of nitrogens with one attached hydrogen (secondary N) is 1. The second kappa shape index (κ2) is 8.70. The largest absolute Gasteiger partial charge is 0.367 e. The van der Waals surface area contributed by atoms with Crippen LogP contribution in [0.1, 0.15) is 18.1 Å². The Hall–Kier alpha value is -1.85. The maximum absolute atomic E-state index is 10.3. The summed E-state index contributed by atoms with van der Waals surface area (Å²) in [6, 6.07) is 8.50. The molecule has 0 saturated carbocycles. The van der Waals surface area contributed by atoms with Crippen molar-refractivity contribution in [1.29, 1.82) is 0 Å². The number of benzene rings is 1. The van der Waals surface area contributed by atoms with Gasteiger partial charge in [0.1, 0.15) is 0 Å². The molecule has 1 saturated heterocycles. The van der Waals surface area contributed by atoms with Crippen molar-refractivity contribution >= 4 is 24.2 Å². The number of hydrogen-bond donors (Lipinski definition) is 1. The first-order valence-corrected chi connectivity index (χ1v) is 8.10. The molecule has 0 radical (unpaired) electrons. The Balaban J connectivity index is 1.93. The van der Waals surface area contributed by atoms with Gasteiger partial charge in [-0.05, 0) is 25.0 Å². The number of hydrogen-bond acceptors (Lipinski definition) is 4. The molecule has 0 spiro atoms. The monoisotopic (exact) mass is 334 g/mol. The van der Waals surface area contributed by atoms with Gasteiger partial charge in [-0.15, -0.1) is 0 Å². The van der Waals surface area contributed by atoms with Crippen LogP contribution >= 0.6 is 11.6 Å². The average Bonchev–Trinajstić information content (AvgIpc) is 2.54. The highest BCUT2D eigenvalue weighted by molar-refractivity contribution is 6.30. The van der Waals surface area contributed by atoms with Crippen LogP contribution in [0.3, 0.4) is 0 Å². The van der Waals surface area contributed by atoms with Crippen molar-refractivity contribution in [3.8, 4) is 0 Å². The van der Waals surface area contributed by atoms with E-state index in [1.165, 1.54) is 11.1 Å². The molecule has 6 heteroatoms. The second-order valence-electron chi connectivity index (χ2n) is 5.61. The topological polar surface area (TPSA) is 47.9 Å². The van der Waals surface area contributed by atoms with Gasteiger partial charge in [0.15, 0.2) is 0 Å². The lowest BCUT2D eigenvalue weighted by atomic mass is 10.1. The van der Waals surface area contributed by atoms with Crippen molar-refractivity contribution in [2.45, 2.75) is 20.4 Å². The van der Waals surface area contributed by atoms with Gasteiger partial charge in [-0.1, -0.05) is 35.9 Å². The summed E-state index contributed by atoms with van der Waals surface area (Å²) in [6.07, 6.45) is 2.14. The van der Waals surface area contributed by atoms with Gasteiger partial charge in [0, 0.05) is 37.8 Å². The van der Waals surface area contributed by atoms with E-state index in [1.54, 1.807) is 6.21 Å². The maximum atomic E-state index is 10.3. The molecule has 0 aliphatic carbocycles. The number of nitrogens with zero attached hydrogens (tertiary/aromatic N) is 3. The van der Waals surface area contributed by atoms with Crippen LogP contribution in [0.15, 0.2) is 40.1 Å². The van der Waals surface area contributed by atoms with Gasteiger partial charge in [0.2, 0.25) is 6.41 Å². The summed E-state index contributed by atoms with van der Waals surface area (Å²) >= 11 is 6.16. The van der Waals surface area contributed by atoms with Gasteiger partial charge in [-0.3, -0.25) is 9.69 Å². The van der Waals surface area contributed by atoms with Gasteiger partial charge in [0.05, 0.1) is 11.9 Å². The second-order valence-corrected chi connectivity index (χ2v) is 6.18. The number of aryl methyl sites for hydroxylation is 1. The molecule has 1 fully saturated rings. The summed E-state index contributed by atoms with van der Waals surface area (Å²) in [4.78, 5) is 14.9. The number of piperazine rings is 1. The standard InChI is InChI=1S/C17H23ClN4O/c1-14-5-3-4-6-16(14)12-21-7-9-22(10-8-21)17(15(2)18)11-19-20-13-23/h3-6,11,13H,7-10,12H2,1-2H3,(H,20,23)/b17-15-,19-11-. The van der Waals surface area contributed by atoms with Crippen molar-refractivity contribution < 1.29 is 4.79 Å². The average molecular weight is 335 g/mol. The minimum absolute atomic E-state index is 0.540. The van der Waals surface area contributed by atoms with E-state index in [-0.39, 0.29) is 0 Å². The summed E-state index contributed by atoms with van der Waals surface area (Å²) in [6.45, 7) is 8.67. The minimum Gasteiger partial charge on any atom is -0.367 e. The van der Waals surface area contributed by atoms with Crippen molar-refractivity contribution in [3.63, 3.8) is 0 Å².